The normalized spacial score (nSPS) is 13.7. The smallest absolute Gasteiger partial charge is 0.0762 e. The van der Waals surface area contributed by atoms with Gasteiger partial charge in [-0.15, -0.1) is 0 Å². The van der Waals surface area contributed by atoms with Gasteiger partial charge in [-0.3, -0.25) is 4.68 Å². The fraction of sp³-hybridized carbons (Fsp3) is 0.750. The quantitative estimate of drug-likeness (QED) is 0.772. The molecule has 0 aliphatic heterocycles. The highest BCUT2D eigenvalue weighted by atomic mass is 16.3. The van der Waals surface area contributed by atoms with E-state index in [0.717, 1.165) is 5.69 Å². The summed E-state index contributed by atoms with van der Waals surface area (Å²) in [6, 6.07) is 2.41. The van der Waals surface area contributed by atoms with Crippen molar-refractivity contribution < 1.29 is 5.11 Å². The maximum Gasteiger partial charge on any atom is 0.0762 e. The summed E-state index contributed by atoms with van der Waals surface area (Å²) in [4.78, 5) is 0. The van der Waals surface area contributed by atoms with Gasteiger partial charge in [0, 0.05) is 25.3 Å². The van der Waals surface area contributed by atoms with Crippen LogP contribution in [0.1, 0.15) is 39.4 Å². The Labute approximate surface area is 97.7 Å². The maximum atomic E-state index is 9.61. The van der Waals surface area contributed by atoms with Crippen molar-refractivity contribution in [3.8, 4) is 0 Å². The minimum atomic E-state index is -0.285. The molecule has 4 heteroatoms. The number of hydrogen-bond acceptors (Lipinski definition) is 3. The molecule has 1 unspecified atom stereocenters. The summed E-state index contributed by atoms with van der Waals surface area (Å²) in [6.45, 7) is 9.56. The molecule has 4 nitrogen and oxygen atoms in total. The van der Waals surface area contributed by atoms with Crippen LogP contribution in [-0.2, 0) is 6.54 Å². The van der Waals surface area contributed by atoms with E-state index >= 15 is 0 Å². The Hall–Kier alpha value is -0.870. The predicted molar refractivity (Wildman–Crippen MR) is 65.2 cm³/mol. The molecule has 0 spiro atoms. The lowest BCUT2D eigenvalue weighted by molar-refractivity contribution is 0.123. The van der Waals surface area contributed by atoms with Crippen LogP contribution in [0.4, 0.5) is 0 Å². The van der Waals surface area contributed by atoms with Crippen molar-refractivity contribution in [1.29, 1.82) is 0 Å². The molecule has 0 radical (unpaired) electrons. The van der Waals surface area contributed by atoms with Gasteiger partial charge < -0.3 is 10.4 Å². The maximum absolute atomic E-state index is 9.61. The number of hydrogen-bond donors (Lipinski definition) is 2. The SMILES string of the molecule is CC(C)C(O)CNCc1ccn(C(C)C)n1. The van der Waals surface area contributed by atoms with Crippen molar-refractivity contribution in [2.24, 2.45) is 5.92 Å². The van der Waals surface area contributed by atoms with Gasteiger partial charge in [-0.05, 0) is 25.8 Å². The summed E-state index contributed by atoms with van der Waals surface area (Å²) < 4.78 is 1.94. The Balaban J connectivity index is 2.32. The van der Waals surface area contributed by atoms with Crippen LogP contribution in [0.3, 0.4) is 0 Å². The highest BCUT2D eigenvalue weighted by Gasteiger charge is 2.08. The van der Waals surface area contributed by atoms with Crippen molar-refractivity contribution in [1.82, 2.24) is 15.1 Å². The van der Waals surface area contributed by atoms with Crippen molar-refractivity contribution >= 4 is 0 Å². The molecule has 1 heterocycles. The molecule has 1 aromatic rings. The Bertz CT molecular complexity index is 307. The fourth-order valence-electron chi connectivity index (χ4n) is 1.34. The van der Waals surface area contributed by atoms with E-state index in [1.54, 1.807) is 0 Å². The molecule has 0 aromatic carbocycles. The highest BCUT2D eigenvalue weighted by molar-refractivity contribution is 4.99. The lowest BCUT2D eigenvalue weighted by Crippen LogP contribution is -2.30. The van der Waals surface area contributed by atoms with E-state index in [0.29, 0.717) is 25.0 Å². The number of aliphatic hydroxyl groups is 1. The second-order valence-electron chi connectivity index (χ2n) is 4.82. The van der Waals surface area contributed by atoms with Crippen LogP contribution < -0.4 is 5.32 Å². The molecule has 1 atom stereocenters. The largest absolute Gasteiger partial charge is 0.392 e. The molecule has 92 valence electrons. The van der Waals surface area contributed by atoms with Gasteiger partial charge in [-0.1, -0.05) is 13.8 Å². The van der Waals surface area contributed by atoms with Crippen LogP contribution in [0.5, 0.6) is 0 Å². The van der Waals surface area contributed by atoms with E-state index in [-0.39, 0.29) is 6.10 Å². The van der Waals surface area contributed by atoms with Gasteiger partial charge in [0.05, 0.1) is 11.8 Å². The average molecular weight is 225 g/mol. The molecule has 0 amide bonds. The molecule has 1 rings (SSSR count). The average Bonchev–Trinajstić information content (AvgIpc) is 2.66. The van der Waals surface area contributed by atoms with E-state index < -0.39 is 0 Å². The van der Waals surface area contributed by atoms with Gasteiger partial charge in [0.25, 0.3) is 0 Å². The Morgan fingerprint density at radius 3 is 2.56 bits per heavy atom. The number of rotatable bonds is 6. The first kappa shape index (κ1) is 13.2. The minimum Gasteiger partial charge on any atom is -0.392 e. The predicted octanol–water partition coefficient (Wildman–Crippen LogP) is 1.57. The molecular formula is C12H23N3O. The number of aliphatic hydroxyl groups excluding tert-OH is 1. The molecule has 0 fully saturated rings. The summed E-state index contributed by atoms with van der Waals surface area (Å²) in [5.41, 5.74) is 1.02. The van der Waals surface area contributed by atoms with Gasteiger partial charge in [0.2, 0.25) is 0 Å². The molecule has 16 heavy (non-hydrogen) atoms. The monoisotopic (exact) mass is 225 g/mol. The van der Waals surface area contributed by atoms with Crippen molar-refractivity contribution in [3.63, 3.8) is 0 Å². The molecule has 0 bridgehead atoms. The Kier molecular flexibility index (Phi) is 4.96. The van der Waals surface area contributed by atoms with Crippen LogP contribution in [0.15, 0.2) is 12.3 Å². The Morgan fingerprint density at radius 2 is 2.06 bits per heavy atom. The summed E-state index contributed by atoms with van der Waals surface area (Å²) in [7, 11) is 0. The van der Waals surface area contributed by atoms with Crippen molar-refractivity contribution in [2.45, 2.75) is 46.4 Å². The summed E-state index contributed by atoms with van der Waals surface area (Å²) >= 11 is 0. The first-order valence-electron chi connectivity index (χ1n) is 5.93. The third-order valence-electron chi connectivity index (χ3n) is 2.62. The van der Waals surface area contributed by atoms with Gasteiger partial charge in [0.1, 0.15) is 0 Å². The fourth-order valence-corrected chi connectivity index (χ4v) is 1.34. The van der Waals surface area contributed by atoms with Gasteiger partial charge in [-0.2, -0.15) is 5.10 Å². The van der Waals surface area contributed by atoms with Crippen LogP contribution in [0.25, 0.3) is 0 Å². The zero-order valence-electron chi connectivity index (χ0n) is 10.6. The number of nitrogens with one attached hydrogen (secondary N) is 1. The van der Waals surface area contributed by atoms with Gasteiger partial charge in [-0.25, -0.2) is 0 Å². The van der Waals surface area contributed by atoms with Gasteiger partial charge >= 0.3 is 0 Å². The molecule has 0 aliphatic carbocycles. The molecular weight excluding hydrogens is 202 g/mol. The standard InChI is InChI=1S/C12H23N3O/c1-9(2)12(16)8-13-7-11-5-6-15(14-11)10(3)4/h5-6,9-10,12-13,16H,7-8H2,1-4H3. The summed E-state index contributed by atoms with van der Waals surface area (Å²) in [5, 5.41) is 17.2. The Morgan fingerprint density at radius 1 is 1.38 bits per heavy atom. The first-order chi connectivity index (χ1) is 7.50. The molecule has 0 saturated heterocycles. The van der Waals surface area contributed by atoms with Crippen molar-refractivity contribution in [2.75, 3.05) is 6.54 Å². The van der Waals surface area contributed by atoms with Crippen LogP contribution in [0.2, 0.25) is 0 Å². The van der Waals surface area contributed by atoms with E-state index in [1.165, 1.54) is 0 Å². The van der Waals surface area contributed by atoms with E-state index in [4.69, 9.17) is 0 Å². The third-order valence-corrected chi connectivity index (χ3v) is 2.62. The van der Waals surface area contributed by atoms with E-state index in [9.17, 15) is 5.11 Å². The third kappa shape index (κ3) is 3.94. The second-order valence-corrected chi connectivity index (χ2v) is 4.82. The lowest BCUT2D eigenvalue weighted by atomic mass is 10.1. The van der Waals surface area contributed by atoms with Crippen molar-refractivity contribution in [3.05, 3.63) is 18.0 Å². The highest BCUT2D eigenvalue weighted by Crippen LogP contribution is 2.04. The second kappa shape index (κ2) is 6.01. The first-order valence-corrected chi connectivity index (χ1v) is 5.93. The molecule has 1 aromatic heterocycles. The summed E-state index contributed by atoms with van der Waals surface area (Å²) in [5.74, 6) is 0.292. The summed E-state index contributed by atoms with van der Waals surface area (Å²) in [6.07, 6.45) is 1.70. The molecule has 0 saturated carbocycles. The zero-order valence-corrected chi connectivity index (χ0v) is 10.6. The van der Waals surface area contributed by atoms with Crippen LogP contribution in [0, 0.1) is 5.92 Å². The van der Waals surface area contributed by atoms with Crippen LogP contribution >= 0.6 is 0 Å². The van der Waals surface area contributed by atoms with Crippen LogP contribution in [-0.4, -0.2) is 27.5 Å². The number of aromatic nitrogens is 2. The van der Waals surface area contributed by atoms with E-state index in [2.05, 4.69) is 24.3 Å². The minimum absolute atomic E-state index is 0.285. The molecule has 2 N–H and O–H groups in total. The van der Waals surface area contributed by atoms with E-state index in [1.807, 2.05) is 30.8 Å². The number of nitrogens with zero attached hydrogens (tertiary/aromatic N) is 2. The topological polar surface area (TPSA) is 50.1 Å². The zero-order chi connectivity index (χ0) is 12.1. The molecule has 0 aliphatic rings. The van der Waals surface area contributed by atoms with Gasteiger partial charge in [0.15, 0.2) is 0 Å². The lowest BCUT2D eigenvalue weighted by Gasteiger charge is -2.14.